The summed E-state index contributed by atoms with van der Waals surface area (Å²) >= 11 is 0. The van der Waals surface area contributed by atoms with Crippen LogP contribution in [0.25, 0.3) is 0 Å². The minimum Gasteiger partial charge on any atom is -0.316 e. The van der Waals surface area contributed by atoms with Gasteiger partial charge >= 0.3 is 0 Å². The Morgan fingerprint density at radius 2 is 2.18 bits per heavy atom. The molecule has 1 atom stereocenters. The molecule has 1 rings (SSSR count). The molecule has 0 aliphatic carbocycles. The van der Waals surface area contributed by atoms with Crippen LogP contribution in [-0.4, -0.2) is 37.6 Å². The normalized spacial score (nSPS) is 21.8. The third-order valence-corrected chi connectivity index (χ3v) is 2.76. The quantitative estimate of drug-likeness (QED) is 0.651. The lowest BCUT2D eigenvalue weighted by Crippen LogP contribution is -2.48. The molecule has 1 unspecified atom stereocenters. The van der Waals surface area contributed by atoms with E-state index in [-0.39, 0.29) is 0 Å². The van der Waals surface area contributed by atoms with Gasteiger partial charge in [0.25, 0.3) is 0 Å². The highest BCUT2D eigenvalue weighted by molar-refractivity contribution is 4.78. The Morgan fingerprint density at radius 1 is 1.55 bits per heavy atom. The molecule has 0 spiro atoms. The fraction of sp³-hybridized carbons (Fsp3) is 1.00. The van der Waals surface area contributed by atoms with Gasteiger partial charge in [-0.05, 0) is 26.3 Å². The summed E-state index contributed by atoms with van der Waals surface area (Å²) in [4.78, 5) is 2.46. The van der Waals surface area contributed by atoms with Gasteiger partial charge in [-0.2, -0.15) is 0 Å². The number of nitrogens with zero attached hydrogens (tertiary/aromatic N) is 1. The predicted octanol–water partition coefficient (Wildman–Crippen LogP) is 0.936. The Balaban J connectivity index is 2.13. The van der Waals surface area contributed by atoms with Crippen molar-refractivity contribution in [3.63, 3.8) is 0 Å². The number of hydrogen-bond donors (Lipinski definition) is 1. The largest absolute Gasteiger partial charge is 0.316 e. The van der Waals surface area contributed by atoms with Crippen LogP contribution in [0.3, 0.4) is 0 Å². The lowest BCUT2D eigenvalue weighted by atomic mass is 10.0. The van der Waals surface area contributed by atoms with Crippen molar-refractivity contribution in [2.45, 2.75) is 26.3 Å². The van der Waals surface area contributed by atoms with Crippen molar-refractivity contribution in [1.29, 1.82) is 0 Å². The summed E-state index contributed by atoms with van der Waals surface area (Å²) in [5, 5.41) is 3.30. The zero-order valence-electron chi connectivity index (χ0n) is 7.93. The van der Waals surface area contributed by atoms with Gasteiger partial charge in [-0.15, -0.1) is 0 Å². The van der Waals surface area contributed by atoms with Gasteiger partial charge in [0, 0.05) is 25.7 Å². The summed E-state index contributed by atoms with van der Waals surface area (Å²) in [7, 11) is 2.23. The number of hydrogen-bond acceptors (Lipinski definition) is 2. The molecule has 1 N–H and O–H groups in total. The Morgan fingerprint density at radius 3 is 2.55 bits per heavy atom. The van der Waals surface area contributed by atoms with E-state index in [1.165, 1.54) is 26.1 Å². The molecule has 1 aliphatic rings. The zero-order chi connectivity index (χ0) is 8.27. The Labute approximate surface area is 70.0 Å². The number of rotatable bonds is 4. The molecule has 0 aromatic carbocycles. The first-order valence-electron chi connectivity index (χ1n) is 4.65. The molecule has 1 fully saturated rings. The molecule has 0 amide bonds. The lowest BCUT2D eigenvalue weighted by Gasteiger charge is -2.33. The fourth-order valence-corrected chi connectivity index (χ4v) is 1.38. The Hall–Kier alpha value is -0.0800. The summed E-state index contributed by atoms with van der Waals surface area (Å²) in [6, 6.07) is 0.746. The highest BCUT2D eigenvalue weighted by atomic mass is 15.1. The van der Waals surface area contributed by atoms with E-state index in [0.29, 0.717) is 0 Å². The topological polar surface area (TPSA) is 15.3 Å². The standard InChI is InChI=1S/C9H20N2/c1-4-8(2)11(3)7-9-5-10-6-9/h8-10H,4-7H2,1-3H3. The van der Waals surface area contributed by atoms with Crippen LogP contribution in [0, 0.1) is 5.92 Å². The maximum atomic E-state index is 3.30. The van der Waals surface area contributed by atoms with Gasteiger partial charge in [0.1, 0.15) is 0 Å². The maximum Gasteiger partial charge on any atom is 0.00613 e. The SMILES string of the molecule is CCC(C)N(C)CC1CNC1. The van der Waals surface area contributed by atoms with Crippen molar-refractivity contribution < 1.29 is 0 Å². The van der Waals surface area contributed by atoms with Crippen LogP contribution < -0.4 is 5.32 Å². The molecule has 2 heteroatoms. The van der Waals surface area contributed by atoms with Crippen molar-refractivity contribution in [2.75, 3.05) is 26.7 Å². The average molecular weight is 156 g/mol. The molecule has 0 saturated carbocycles. The first-order valence-corrected chi connectivity index (χ1v) is 4.65. The van der Waals surface area contributed by atoms with E-state index in [1.54, 1.807) is 0 Å². The molecule has 0 aromatic rings. The highest BCUT2D eigenvalue weighted by Crippen LogP contribution is 2.08. The average Bonchev–Trinajstić information content (AvgIpc) is 1.94. The molecule has 0 bridgehead atoms. The van der Waals surface area contributed by atoms with Crippen molar-refractivity contribution in [1.82, 2.24) is 10.2 Å². The van der Waals surface area contributed by atoms with Gasteiger partial charge in [-0.1, -0.05) is 6.92 Å². The first kappa shape index (κ1) is 9.01. The van der Waals surface area contributed by atoms with E-state index < -0.39 is 0 Å². The van der Waals surface area contributed by atoms with Crippen LogP contribution in [-0.2, 0) is 0 Å². The smallest absolute Gasteiger partial charge is 0.00613 e. The molecule has 11 heavy (non-hydrogen) atoms. The molecule has 2 nitrogen and oxygen atoms in total. The maximum absolute atomic E-state index is 3.30. The summed E-state index contributed by atoms with van der Waals surface area (Å²) in [6.07, 6.45) is 1.26. The Kier molecular flexibility index (Phi) is 3.34. The monoisotopic (exact) mass is 156 g/mol. The van der Waals surface area contributed by atoms with Crippen molar-refractivity contribution in [3.05, 3.63) is 0 Å². The molecule has 1 saturated heterocycles. The summed E-state index contributed by atoms with van der Waals surface area (Å²) < 4.78 is 0. The molecular formula is C9H20N2. The molecule has 66 valence electrons. The van der Waals surface area contributed by atoms with Crippen LogP contribution in [0.4, 0.5) is 0 Å². The van der Waals surface area contributed by atoms with E-state index in [0.717, 1.165) is 12.0 Å². The van der Waals surface area contributed by atoms with Gasteiger partial charge < -0.3 is 10.2 Å². The summed E-state index contributed by atoms with van der Waals surface area (Å²) in [6.45, 7) is 8.26. The van der Waals surface area contributed by atoms with Crippen LogP contribution in [0.15, 0.2) is 0 Å². The van der Waals surface area contributed by atoms with Gasteiger partial charge in [0.15, 0.2) is 0 Å². The molecule has 1 heterocycles. The fourth-order valence-electron chi connectivity index (χ4n) is 1.38. The summed E-state index contributed by atoms with van der Waals surface area (Å²) in [5.41, 5.74) is 0. The van der Waals surface area contributed by atoms with Gasteiger partial charge in [0.2, 0.25) is 0 Å². The van der Waals surface area contributed by atoms with Gasteiger partial charge in [0.05, 0.1) is 0 Å². The van der Waals surface area contributed by atoms with Crippen LogP contribution in [0.2, 0.25) is 0 Å². The van der Waals surface area contributed by atoms with E-state index >= 15 is 0 Å². The third kappa shape index (κ3) is 2.46. The lowest BCUT2D eigenvalue weighted by molar-refractivity contribution is 0.180. The van der Waals surface area contributed by atoms with Crippen molar-refractivity contribution in [2.24, 2.45) is 5.92 Å². The van der Waals surface area contributed by atoms with E-state index in [9.17, 15) is 0 Å². The molecule has 1 aliphatic heterocycles. The summed E-state index contributed by atoms with van der Waals surface area (Å²) in [5.74, 6) is 0.911. The van der Waals surface area contributed by atoms with Crippen LogP contribution in [0.1, 0.15) is 20.3 Å². The first-order chi connectivity index (χ1) is 5.24. The van der Waals surface area contributed by atoms with E-state index in [2.05, 4.69) is 31.1 Å². The minimum absolute atomic E-state index is 0.746. The molecular weight excluding hydrogens is 136 g/mol. The molecule has 0 radical (unpaired) electrons. The second kappa shape index (κ2) is 4.07. The third-order valence-electron chi connectivity index (χ3n) is 2.76. The second-order valence-electron chi connectivity index (χ2n) is 3.72. The predicted molar refractivity (Wildman–Crippen MR) is 48.7 cm³/mol. The number of nitrogens with one attached hydrogen (secondary N) is 1. The van der Waals surface area contributed by atoms with Crippen LogP contribution >= 0.6 is 0 Å². The van der Waals surface area contributed by atoms with Gasteiger partial charge in [-0.25, -0.2) is 0 Å². The van der Waals surface area contributed by atoms with Crippen molar-refractivity contribution in [3.8, 4) is 0 Å². The van der Waals surface area contributed by atoms with Crippen LogP contribution in [0.5, 0.6) is 0 Å². The zero-order valence-corrected chi connectivity index (χ0v) is 7.93. The van der Waals surface area contributed by atoms with E-state index in [4.69, 9.17) is 0 Å². The molecule has 0 aromatic heterocycles. The highest BCUT2D eigenvalue weighted by Gasteiger charge is 2.19. The van der Waals surface area contributed by atoms with Gasteiger partial charge in [-0.3, -0.25) is 0 Å². The minimum atomic E-state index is 0.746. The van der Waals surface area contributed by atoms with Crippen molar-refractivity contribution >= 4 is 0 Å². The Bertz CT molecular complexity index is 110. The van der Waals surface area contributed by atoms with E-state index in [1.807, 2.05) is 0 Å². The second-order valence-corrected chi connectivity index (χ2v) is 3.72.